The normalized spacial score (nSPS) is 11.9. The Hall–Kier alpha value is -2.99. The highest BCUT2D eigenvalue weighted by Gasteiger charge is 2.07. The van der Waals surface area contributed by atoms with Crippen LogP contribution in [0.25, 0.3) is 0 Å². The quantitative estimate of drug-likeness (QED) is 0.710. The number of aryl methyl sites for hydroxylation is 1. The summed E-state index contributed by atoms with van der Waals surface area (Å²) in [5.74, 6) is 0.945. The Kier molecular flexibility index (Phi) is 7.05. The zero-order valence-electron chi connectivity index (χ0n) is 15.6. The molecule has 1 aromatic heterocycles. The fraction of sp³-hybridized carbons (Fsp3) is 0.250. The number of benzene rings is 1. The van der Waals surface area contributed by atoms with Crippen LogP contribution in [-0.2, 0) is 6.54 Å². The molecule has 0 spiro atoms. The van der Waals surface area contributed by atoms with Crippen LogP contribution in [0.3, 0.4) is 0 Å². The fourth-order valence-corrected chi connectivity index (χ4v) is 2.48. The Bertz CT molecular complexity index is 792. The summed E-state index contributed by atoms with van der Waals surface area (Å²) in [4.78, 5) is 14.9. The van der Waals surface area contributed by atoms with Gasteiger partial charge in [-0.2, -0.15) is 4.98 Å². The molecule has 0 aliphatic heterocycles. The molecule has 0 bridgehead atoms. The number of anilines is 3. The van der Waals surface area contributed by atoms with Gasteiger partial charge in [0, 0.05) is 37.3 Å². The van der Waals surface area contributed by atoms with E-state index in [1.165, 1.54) is 5.56 Å². The molecular weight excluding hydrogens is 324 g/mol. The SMILES string of the molecule is C=CC=N/C=C(\C)CN(C)Cc1cc(Nc2ccc(C)cc2)nc(N)n1. The molecule has 3 N–H and O–H groups in total. The first kappa shape index (κ1) is 19.3. The van der Waals surface area contributed by atoms with E-state index < -0.39 is 0 Å². The molecule has 1 aromatic carbocycles. The van der Waals surface area contributed by atoms with Crippen molar-refractivity contribution < 1.29 is 0 Å². The highest BCUT2D eigenvalue weighted by Crippen LogP contribution is 2.17. The van der Waals surface area contributed by atoms with Crippen molar-refractivity contribution in [1.29, 1.82) is 0 Å². The van der Waals surface area contributed by atoms with Gasteiger partial charge in [-0.15, -0.1) is 0 Å². The summed E-state index contributed by atoms with van der Waals surface area (Å²) in [6.45, 7) is 9.13. The van der Waals surface area contributed by atoms with Crippen LogP contribution in [0.15, 0.2) is 59.8 Å². The van der Waals surface area contributed by atoms with Crippen molar-refractivity contribution in [3.63, 3.8) is 0 Å². The number of nitrogens with one attached hydrogen (secondary N) is 1. The number of nitrogen functional groups attached to an aromatic ring is 1. The Labute approximate surface area is 155 Å². The summed E-state index contributed by atoms with van der Waals surface area (Å²) in [6, 6.07) is 10.0. The van der Waals surface area contributed by atoms with Gasteiger partial charge >= 0.3 is 0 Å². The first-order valence-corrected chi connectivity index (χ1v) is 8.42. The molecule has 2 rings (SSSR count). The van der Waals surface area contributed by atoms with Gasteiger partial charge in [-0.25, -0.2) is 4.98 Å². The summed E-state index contributed by atoms with van der Waals surface area (Å²) < 4.78 is 0. The Morgan fingerprint density at radius 1 is 1.31 bits per heavy atom. The number of hydrogen-bond donors (Lipinski definition) is 2. The van der Waals surface area contributed by atoms with E-state index in [4.69, 9.17) is 5.73 Å². The van der Waals surface area contributed by atoms with Crippen molar-refractivity contribution in [3.8, 4) is 0 Å². The summed E-state index contributed by atoms with van der Waals surface area (Å²) >= 11 is 0. The van der Waals surface area contributed by atoms with Gasteiger partial charge in [-0.1, -0.05) is 30.4 Å². The second-order valence-corrected chi connectivity index (χ2v) is 6.28. The monoisotopic (exact) mass is 350 g/mol. The molecule has 2 aromatic rings. The summed E-state index contributed by atoms with van der Waals surface area (Å²) in [6.07, 6.45) is 5.15. The average Bonchev–Trinajstić information content (AvgIpc) is 2.56. The molecule has 6 heteroatoms. The maximum atomic E-state index is 5.87. The number of hydrogen-bond acceptors (Lipinski definition) is 6. The second-order valence-electron chi connectivity index (χ2n) is 6.28. The van der Waals surface area contributed by atoms with Gasteiger partial charge in [0.2, 0.25) is 5.95 Å². The molecule has 0 aliphatic rings. The highest BCUT2D eigenvalue weighted by atomic mass is 15.1. The molecule has 0 saturated carbocycles. The third-order valence-electron chi connectivity index (χ3n) is 3.56. The molecule has 0 radical (unpaired) electrons. The first-order chi connectivity index (χ1) is 12.5. The topological polar surface area (TPSA) is 79.4 Å². The lowest BCUT2D eigenvalue weighted by Crippen LogP contribution is -2.21. The standard InChI is InChI=1S/C20H26N6/c1-5-10-22-12-16(3)13-26(4)14-18-11-19(25-20(21)24-18)23-17-8-6-15(2)7-9-17/h5-12H,1,13-14H2,2-4H3,(H3,21,23,24,25)/b16-12+,22-10?. The van der Waals surface area contributed by atoms with E-state index in [1.807, 2.05) is 50.5 Å². The number of likely N-dealkylation sites (N-methyl/N-ethyl adjacent to an activating group) is 1. The molecule has 0 unspecified atom stereocenters. The Balaban J connectivity index is 2.04. The molecule has 0 amide bonds. The lowest BCUT2D eigenvalue weighted by atomic mass is 10.2. The molecule has 0 aliphatic carbocycles. The van der Waals surface area contributed by atoms with Gasteiger partial charge < -0.3 is 11.1 Å². The van der Waals surface area contributed by atoms with Gasteiger partial charge in [0.05, 0.1) is 5.69 Å². The van der Waals surface area contributed by atoms with Crippen LogP contribution < -0.4 is 11.1 Å². The fourth-order valence-electron chi connectivity index (χ4n) is 2.48. The van der Waals surface area contributed by atoms with E-state index in [1.54, 1.807) is 12.3 Å². The maximum absolute atomic E-state index is 5.87. The molecule has 0 atom stereocenters. The molecule has 6 nitrogen and oxygen atoms in total. The number of aliphatic imine (C=N–C) groups is 1. The number of nitrogens with zero attached hydrogens (tertiary/aromatic N) is 4. The smallest absolute Gasteiger partial charge is 0.222 e. The van der Waals surface area contributed by atoms with E-state index in [-0.39, 0.29) is 5.95 Å². The third kappa shape index (κ3) is 6.49. The van der Waals surface area contributed by atoms with E-state index in [0.29, 0.717) is 12.4 Å². The molecular formula is C20H26N6. The molecule has 26 heavy (non-hydrogen) atoms. The van der Waals surface area contributed by atoms with Gasteiger partial charge in [0.25, 0.3) is 0 Å². The number of aromatic nitrogens is 2. The van der Waals surface area contributed by atoms with Crippen molar-refractivity contribution in [2.75, 3.05) is 24.6 Å². The second kappa shape index (κ2) is 9.48. The number of rotatable bonds is 8. The van der Waals surface area contributed by atoms with Crippen LogP contribution in [0.4, 0.5) is 17.5 Å². The average molecular weight is 350 g/mol. The zero-order chi connectivity index (χ0) is 18.9. The minimum atomic E-state index is 0.258. The summed E-state index contributed by atoms with van der Waals surface area (Å²) in [5.41, 5.74) is 10.1. The van der Waals surface area contributed by atoms with Crippen molar-refractivity contribution in [3.05, 3.63) is 66.0 Å². The molecule has 0 saturated heterocycles. The van der Waals surface area contributed by atoms with E-state index in [2.05, 4.69) is 38.7 Å². The lowest BCUT2D eigenvalue weighted by Gasteiger charge is -2.17. The minimum Gasteiger partial charge on any atom is -0.368 e. The van der Waals surface area contributed by atoms with Crippen molar-refractivity contribution in [2.45, 2.75) is 20.4 Å². The van der Waals surface area contributed by atoms with Gasteiger partial charge in [-0.3, -0.25) is 9.89 Å². The van der Waals surface area contributed by atoms with Crippen LogP contribution in [-0.4, -0.2) is 34.7 Å². The predicted octanol–water partition coefficient (Wildman–Crippen LogP) is 3.70. The number of allylic oxidation sites excluding steroid dienone is 1. The van der Waals surface area contributed by atoms with Crippen molar-refractivity contribution in [1.82, 2.24) is 14.9 Å². The van der Waals surface area contributed by atoms with Crippen LogP contribution in [0.5, 0.6) is 0 Å². The van der Waals surface area contributed by atoms with E-state index in [9.17, 15) is 0 Å². The Morgan fingerprint density at radius 2 is 2.04 bits per heavy atom. The van der Waals surface area contributed by atoms with Gasteiger partial charge in [-0.05, 0) is 38.6 Å². The van der Waals surface area contributed by atoms with Gasteiger partial charge in [0.1, 0.15) is 5.82 Å². The Morgan fingerprint density at radius 3 is 2.73 bits per heavy atom. The zero-order valence-corrected chi connectivity index (χ0v) is 15.6. The predicted molar refractivity (Wildman–Crippen MR) is 110 cm³/mol. The molecule has 0 fully saturated rings. The molecule has 1 heterocycles. The van der Waals surface area contributed by atoms with Crippen LogP contribution in [0.2, 0.25) is 0 Å². The van der Waals surface area contributed by atoms with E-state index in [0.717, 1.165) is 23.5 Å². The third-order valence-corrected chi connectivity index (χ3v) is 3.56. The van der Waals surface area contributed by atoms with Gasteiger partial charge in [0.15, 0.2) is 0 Å². The van der Waals surface area contributed by atoms with Crippen LogP contribution >= 0.6 is 0 Å². The maximum Gasteiger partial charge on any atom is 0.222 e. The lowest BCUT2D eigenvalue weighted by molar-refractivity contribution is 0.350. The number of nitrogens with two attached hydrogens (primary N) is 1. The van der Waals surface area contributed by atoms with Crippen molar-refractivity contribution in [2.24, 2.45) is 4.99 Å². The minimum absolute atomic E-state index is 0.258. The summed E-state index contributed by atoms with van der Waals surface area (Å²) in [7, 11) is 2.03. The molecule has 136 valence electrons. The van der Waals surface area contributed by atoms with Crippen LogP contribution in [0, 0.1) is 6.92 Å². The highest BCUT2D eigenvalue weighted by molar-refractivity contribution is 5.70. The van der Waals surface area contributed by atoms with Crippen LogP contribution in [0.1, 0.15) is 18.2 Å². The first-order valence-electron chi connectivity index (χ1n) is 8.42. The summed E-state index contributed by atoms with van der Waals surface area (Å²) in [5, 5.41) is 3.27. The van der Waals surface area contributed by atoms with E-state index >= 15 is 0 Å². The largest absolute Gasteiger partial charge is 0.368 e. The van der Waals surface area contributed by atoms with Crippen molar-refractivity contribution >= 4 is 23.7 Å².